The van der Waals surface area contributed by atoms with Crippen LogP contribution in [-0.2, 0) is 10.8 Å². The van der Waals surface area contributed by atoms with Crippen molar-refractivity contribution in [2.75, 3.05) is 9.80 Å². The Hall–Kier alpha value is -5.08. The summed E-state index contributed by atoms with van der Waals surface area (Å²) in [5.41, 5.74) is 15.1. The first kappa shape index (κ1) is 40.6. The maximum Gasteiger partial charge on any atom is 0.0462 e. The maximum atomic E-state index is 2.38. The van der Waals surface area contributed by atoms with Crippen LogP contribution in [0.4, 0.5) is 34.1 Å². The van der Waals surface area contributed by atoms with Crippen molar-refractivity contribution in [1.82, 2.24) is 0 Å². The van der Waals surface area contributed by atoms with Crippen molar-refractivity contribution in [3.05, 3.63) is 168 Å². The van der Waals surface area contributed by atoms with E-state index in [0.29, 0.717) is 11.8 Å². The van der Waals surface area contributed by atoms with Gasteiger partial charge in [0.05, 0.1) is 0 Å². The van der Waals surface area contributed by atoms with Gasteiger partial charge in [-0.15, -0.1) is 0 Å². The standard InChI is InChI=1S/C54H64N2/c1-11-39(5)41-15-27-47(28-16-41)55(51-35-23-45(24-36-51)53(7,8)13-3)49-31-19-43(20-32-49)44-21-33-50(34-22-44)56(48-29-17-42(18-30-48)40(6)12-2)52-37-25-46(26-38-52)54(9,10)14-4/h15-40H,11-14H2,1-10H3. The average molecular weight is 741 g/mol. The van der Waals surface area contributed by atoms with Crippen molar-refractivity contribution in [2.45, 2.75) is 118 Å². The molecule has 56 heavy (non-hydrogen) atoms. The van der Waals surface area contributed by atoms with Gasteiger partial charge in [0.25, 0.3) is 0 Å². The van der Waals surface area contributed by atoms with Crippen molar-refractivity contribution < 1.29 is 0 Å². The van der Waals surface area contributed by atoms with Crippen molar-refractivity contribution in [2.24, 2.45) is 0 Å². The molecular formula is C54H64N2. The molecule has 2 nitrogen and oxygen atoms in total. The minimum atomic E-state index is 0.143. The molecule has 0 aromatic heterocycles. The third kappa shape index (κ3) is 8.81. The highest BCUT2D eigenvalue weighted by molar-refractivity contribution is 5.81. The molecule has 0 saturated heterocycles. The summed E-state index contributed by atoms with van der Waals surface area (Å²) in [7, 11) is 0. The van der Waals surface area contributed by atoms with Crippen molar-refractivity contribution in [3.8, 4) is 11.1 Å². The van der Waals surface area contributed by atoms with E-state index in [1.54, 1.807) is 0 Å². The number of nitrogens with zero attached hydrogens (tertiary/aromatic N) is 2. The molecule has 0 N–H and O–H groups in total. The van der Waals surface area contributed by atoms with Gasteiger partial charge in [0, 0.05) is 34.1 Å². The third-order valence-electron chi connectivity index (χ3n) is 12.8. The molecule has 2 heteroatoms. The predicted molar refractivity (Wildman–Crippen MR) is 245 cm³/mol. The van der Waals surface area contributed by atoms with Crippen LogP contribution in [0.2, 0.25) is 0 Å². The fourth-order valence-corrected chi connectivity index (χ4v) is 7.41. The van der Waals surface area contributed by atoms with Crippen LogP contribution in [0.3, 0.4) is 0 Å². The Morgan fingerprint density at radius 3 is 0.821 bits per heavy atom. The summed E-state index contributed by atoms with van der Waals surface area (Å²) in [6.07, 6.45) is 4.47. The molecule has 2 unspecified atom stereocenters. The molecule has 0 amide bonds. The SMILES string of the molecule is CCC(C)c1ccc(N(c2ccc(-c3ccc(N(c4ccc(C(C)CC)cc4)c4ccc(C(C)(C)CC)cc4)cc3)cc2)c2ccc(C(C)(C)CC)cc2)cc1. The molecule has 0 bridgehead atoms. The smallest absolute Gasteiger partial charge is 0.0462 e. The molecular weight excluding hydrogens is 677 g/mol. The van der Waals surface area contributed by atoms with Crippen molar-refractivity contribution in [3.63, 3.8) is 0 Å². The topological polar surface area (TPSA) is 6.48 Å². The quantitative estimate of drug-likeness (QED) is 0.103. The molecule has 6 aromatic rings. The molecule has 0 aliphatic carbocycles. The van der Waals surface area contributed by atoms with Gasteiger partial charge in [-0.2, -0.15) is 0 Å². The molecule has 2 atom stereocenters. The zero-order valence-electron chi connectivity index (χ0n) is 35.7. The van der Waals surface area contributed by atoms with E-state index in [1.807, 2.05) is 0 Å². The summed E-state index contributed by atoms with van der Waals surface area (Å²) >= 11 is 0. The molecule has 0 radical (unpaired) electrons. The van der Waals surface area contributed by atoms with Crippen LogP contribution in [0, 0.1) is 0 Å². The van der Waals surface area contributed by atoms with E-state index >= 15 is 0 Å². The lowest BCUT2D eigenvalue weighted by Gasteiger charge is -2.28. The van der Waals surface area contributed by atoms with E-state index in [1.165, 1.54) is 44.8 Å². The largest absolute Gasteiger partial charge is 0.311 e. The molecule has 6 aromatic carbocycles. The average Bonchev–Trinajstić information content (AvgIpc) is 3.24. The maximum absolute atomic E-state index is 2.38. The molecule has 6 rings (SSSR count). The van der Waals surface area contributed by atoms with Gasteiger partial charge < -0.3 is 9.80 Å². The first-order valence-electron chi connectivity index (χ1n) is 21.1. The van der Waals surface area contributed by atoms with Crippen LogP contribution in [0.25, 0.3) is 11.1 Å². The van der Waals surface area contributed by atoms with E-state index < -0.39 is 0 Å². The summed E-state index contributed by atoms with van der Waals surface area (Å²) in [5.74, 6) is 1.08. The monoisotopic (exact) mass is 741 g/mol. The second-order valence-electron chi connectivity index (χ2n) is 17.1. The predicted octanol–water partition coefficient (Wildman–Crippen LogP) is 16.7. The second kappa shape index (κ2) is 17.4. The summed E-state index contributed by atoms with van der Waals surface area (Å²) in [4.78, 5) is 4.76. The van der Waals surface area contributed by atoms with Crippen LogP contribution in [0.1, 0.15) is 129 Å². The van der Waals surface area contributed by atoms with Gasteiger partial charge in [0.2, 0.25) is 0 Å². The van der Waals surface area contributed by atoms with E-state index in [4.69, 9.17) is 0 Å². The minimum Gasteiger partial charge on any atom is -0.311 e. The summed E-state index contributed by atoms with van der Waals surface area (Å²) in [5, 5.41) is 0. The third-order valence-corrected chi connectivity index (χ3v) is 12.8. The number of hydrogen-bond acceptors (Lipinski definition) is 2. The summed E-state index contributed by atoms with van der Waals surface area (Å²) < 4.78 is 0. The Bertz CT molecular complexity index is 1960. The fraction of sp³-hybridized carbons (Fsp3) is 0.333. The number of rotatable bonds is 15. The Morgan fingerprint density at radius 2 is 0.589 bits per heavy atom. The van der Waals surface area contributed by atoms with E-state index in [2.05, 4.69) is 225 Å². The highest BCUT2D eigenvalue weighted by Crippen LogP contribution is 2.40. The van der Waals surface area contributed by atoms with Crippen LogP contribution in [-0.4, -0.2) is 0 Å². The lowest BCUT2D eigenvalue weighted by molar-refractivity contribution is 0.506. The van der Waals surface area contributed by atoms with Gasteiger partial charge in [0.15, 0.2) is 0 Å². The Labute approximate surface area is 339 Å². The highest BCUT2D eigenvalue weighted by atomic mass is 15.1. The van der Waals surface area contributed by atoms with Crippen molar-refractivity contribution in [1.29, 1.82) is 0 Å². The molecule has 0 spiro atoms. The molecule has 0 saturated carbocycles. The van der Waals surface area contributed by atoms with Gasteiger partial charge in [0.1, 0.15) is 0 Å². The molecule has 0 aliphatic rings. The second-order valence-corrected chi connectivity index (χ2v) is 17.1. The summed E-state index contributed by atoms with van der Waals surface area (Å²) in [6, 6.07) is 54.7. The summed E-state index contributed by atoms with van der Waals surface area (Å²) in [6.45, 7) is 23.0. The minimum absolute atomic E-state index is 0.143. The molecule has 290 valence electrons. The number of hydrogen-bond donors (Lipinski definition) is 0. The zero-order chi connectivity index (χ0) is 40.0. The lowest BCUT2D eigenvalue weighted by atomic mass is 9.82. The highest BCUT2D eigenvalue weighted by Gasteiger charge is 2.21. The normalized spacial score (nSPS) is 13.0. The van der Waals surface area contributed by atoms with E-state index in [-0.39, 0.29) is 10.8 Å². The number of anilines is 6. The van der Waals surface area contributed by atoms with Crippen molar-refractivity contribution >= 4 is 34.1 Å². The van der Waals surface area contributed by atoms with E-state index in [0.717, 1.165) is 48.4 Å². The fourth-order valence-electron chi connectivity index (χ4n) is 7.41. The Kier molecular flexibility index (Phi) is 12.6. The molecule has 0 aliphatic heterocycles. The van der Waals surface area contributed by atoms with Crippen LogP contribution in [0.15, 0.2) is 146 Å². The Morgan fingerprint density at radius 1 is 0.357 bits per heavy atom. The van der Waals surface area contributed by atoms with Gasteiger partial charge >= 0.3 is 0 Å². The first-order chi connectivity index (χ1) is 26.9. The zero-order valence-corrected chi connectivity index (χ0v) is 35.7. The van der Waals surface area contributed by atoms with Crippen LogP contribution in [0.5, 0.6) is 0 Å². The molecule has 0 fully saturated rings. The number of benzene rings is 6. The van der Waals surface area contributed by atoms with Gasteiger partial charge in [-0.25, -0.2) is 0 Å². The Balaban J connectivity index is 1.32. The lowest BCUT2D eigenvalue weighted by Crippen LogP contribution is -2.16. The van der Waals surface area contributed by atoms with Gasteiger partial charge in [-0.05, 0) is 155 Å². The first-order valence-corrected chi connectivity index (χ1v) is 21.1. The van der Waals surface area contributed by atoms with Gasteiger partial charge in [-0.3, -0.25) is 0 Å². The van der Waals surface area contributed by atoms with Gasteiger partial charge in [-0.1, -0.05) is 142 Å². The van der Waals surface area contributed by atoms with Crippen LogP contribution >= 0.6 is 0 Å². The van der Waals surface area contributed by atoms with E-state index in [9.17, 15) is 0 Å². The molecule has 0 heterocycles. The van der Waals surface area contributed by atoms with Crippen LogP contribution < -0.4 is 9.80 Å².